The van der Waals surface area contributed by atoms with Gasteiger partial charge in [-0.25, -0.2) is 0 Å². The van der Waals surface area contributed by atoms with Crippen LogP contribution in [-0.2, 0) is 17.5 Å². The Kier molecular flexibility index (Phi) is 5.84. The van der Waals surface area contributed by atoms with Gasteiger partial charge in [-0.1, -0.05) is 12.1 Å². The van der Waals surface area contributed by atoms with Crippen molar-refractivity contribution in [2.45, 2.75) is 38.1 Å². The summed E-state index contributed by atoms with van der Waals surface area (Å²) in [4.78, 5) is 17.0. The maximum atomic E-state index is 13.1. The second kappa shape index (κ2) is 8.96. The third-order valence-electron chi connectivity index (χ3n) is 6.11. The van der Waals surface area contributed by atoms with E-state index in [9.17, 15) is 18.0 Å². The van der Waals surface area contributed by atoms with Crippen molar-refractivity contribution in [3.63, 3.8) is 0 Å². The van der Waals surface area contributed by atoms with Crippen LogP contribution < -0.4 is 9.64 Å². The zero-order valence-electron chi connectivity index (χ0n) is 18.3. The lowest BCUT2D eigenvalue weighted by Crippen LogP contribution is -2.51. The molecule has 1 amide bonds. The maximum absolute atomic E-state index is 13.1. The smallest absolute Gasteiger partial charge is 0.416 e. The van der Waals surface area contributed by atoms with Crippen molar-refractivity contribution in [2.24, 2.45) is 0 Å². The summed E-state index contributed by atoms with van der Waals surface area (Å²) in [6.07, 6.45) is -1.99. The van der Waals surface area contributed by atoms with Crippen LogP contribution in [0.4, 0.5) is 18.9 Å². The summed E-state index contributed by atoms with van der Waals surface area (Å²) >= 11 is 0. The minimum atomic E-state index is -4.42. The number of tetrazole rings is 1. The first-order chi connectivity index (χ1) is 16.4. The van der Waals surface area contributed by atoms with Gasteiger partial charge in [-0.15, -0.1) is 5.10 Å². The first-order valence-electron chi connectivity index (χ1n) is 11.1. The fourth-order valence-corrected chi connectivity index (χ4v) is 4.37. The molecular formula is C23H23F3N6O2. The average Bonchev–Trinajstić information content (AvgIpc) is 3.31. The predicted octanol–water partition coefficient (Wildman–Crippen LogP) is 3.46. The fourth-order valence-electron chi connectivity index (χ4n) is 4.37. The van der Waals surface area contributed by atoms with Gasteiger partial charge in [0.2, 0.25) is 0 Å². The number of carbonyl (C=O) groups excluding carboxylic acids is 1. The molecule has 0 spiro atoms. The molecule has 2 aliphatic heterocycles. The van der Waals surface area contributed by atoms with Crippen molar-refractivity contribution in [3.05, 3.63) is 59.9 Å². The van der Waals surface area contributed by atoms with E-state index in [0.717, 1.165) is 50.2 Å². The topological polar surface area (TPSA) is 76.4 Å². The quantitative estimate of drug-likeness (QED) is 0.579. The largest absolute Gasteiger partial charge is 0.477 e. The molecular weight excluding hydrogens is 449 g/mol. The Morgan fingerprint density at radius 3 is 2.50 bits per heavy atom. The van der Waals surface area contributed by atoms with E-state index in [1.807, 2.05) is 34.1 Å². The monoisotopic (exact) mass is 472 g/mol. The highest BCUT2D eigenvalue weighted by atomic mass is 19.4. The van der Waals surface area contributed by atoms with Crippen LogP contribution in [-0.4, -0.2) is 56.8 Å². The highest BCUT2D eigenvalue weighted by Crippen LogP contribution is 2.35. The molecule has 3 aromatic rings. The van der Waals surface area contributed by atoms with E-state index in [1.165, 1.54) is 16.8 Å². The first kappa shape index (κ1) is 22.2. The molecule has 1 saturated heterocycles. The number of para-hydroxylation sites is 2. The normalized spacial score (nSPS) is 18.4. The van der Waals surface area contributed by atoms with Crippen LogP contribution >= 0.6 is 0 Å². The van der Waals surface area contributed by atoms with Crippen LogP contribution in [0, 0.1) is 0 Å². The minimum absolute atomic E-state index is 0.0402. The summed E-state index contributed by atoms with van der Waals surface area (Å²) in [5, 5.41) is 11.8. The standard InChI is InChI=1S/C23H23F3N6O2/c24-23(25,26)16-8-10-17(11-9-16)32-21(27-28-29-32)15-31-14-20(22(33)30-12-4-1-5-13-30)34-19-7-3-2-6-18(19)31/h2-3,6-11,20H,1,4-5,12-15H2. The number of ether oxygens (including phenoxy) is 1. The number of hydrogen-bond donors (Lipinski definition) is 0. The Morgan fingerprint density at radius 1 is 1.03 bits per heavy atom. The molecule has 1 atom stereocenters. The predicted molar refractivity (Wildman–Crippen MR) is 116 cm³/mol. The van der Waals surface area contributed by atoms with E-state index in [2.05, 4.69) is 15.5 Å². The van der Waals surface area contributed by atoms with Gasteiger partial charge < -0.3 is 14.5 Å². The highest BCUT2D eigenvalue weighted by molar-refractivity contribution is 5.83. The summed E-state index contributed by atoms with van der Waals surface area (Å²) in [5.41, 5.74) is 0.467. The summed E-state index contributed by atoms with van der Waals surface area (Å²) in [7, 11) is 0. The molecule has 3 heterocycles. The molecule has 11 heteroatoms. The molecule has 1 fully saturated rings. The molecule has 0 saturated carbocycles. The zero-order valence-corrected chi connectivity index (χ0v) is 18.3. The molecule has 1 unspecified atom stereocenters. The molecule has 2 aromatic carbocycles. The summed E-state index contributed by atoms with van der Waals surface area (Å²) in [5.74, 6) is 0.986. The van der Waals surface area contributed by atoms with Crippen molar-refractivity contribution in [1.82, 2.24) is 25.1 Å². The highest BCUT2D eigenvalue weighted by Gasteiger charge is 2.35. The van der Waals surface area contributed by atoms with Gasteiger partial charge in [-0.2, -0.15) is 17.9 Å². The van der Waals surface area contributed by atoms with Crippen molar-refractivity contribution in [2.75, 3.05) is 24.5 Å². The maximum Gasteiger partial charge on any atom is 0.416 e. The number of benzene rings is 2. The first-order valence-corrected chi connectivity index (χ1v) is 11.1. The van der Waals surface area contributed by atoms with Crippen LogP contribution in [0.3, 0.4) is 0 Å². The molecule has 34 heavy (non-hydrogen) atoms. The second-order valence-electron chi connectivity index (χ2n) is 8.39. The van der Waals surface area contributed by atoms with Crippen LogP contribution in [0.2, 0.25) is 0 Å². The van der Waals surface area contributed by atoms with Gasteiger partial charge in [0, 0.05) is 13.1 Å². The SMILES string of the molecule is O=C(C1CN(Cc2nnnn2-c2ccc(C(F)(F)F)cc2)c2ccccc2O1)N1CCCCC1. The van der Waals surface area contributed by atoms with Crippen molar-refractivity contribution in [3.8, 4) is 11.4 Å². The lowest BCUT2D eigenvalue weighted by atomic mass is 10.1. The third kappa shape index (κ3) is 4.42. The number of likely N-dealkylation sites (tertiary alicyclic amines) is 1. The molecule has 8 nitrogen and oxygen atoms in total. The molecule has 0 aliphatic carbocycles. The number of hydrogen-bond acceptors (Lipinski definition) is 6. The third-order valence-corrected chi connectivity index (χ3v) is 6.11. The van der Waals surface area contributed by atoms with Crippen molar-refractivity contribution < 1.29 is 22.7 Å². The van der Waals surface area contributed by atoms with E-state index >= 15 is 0 Å². The van der Waals surface area contributed by atoms with Crippen LogP contribution in [0.1, 0.15) is 30.7 Å². The van der Waals surface area contributed by atoms with E-state index in [4.69, 9.17) is 4.74 Å². The number of alkyl halides is 3. The van der Waals surface area contributed by atoms with Crippen LogP contribution in [0.15, 0.2) is 48.5 Å². The van der Waals surface area contributed by atoms with E-state index < -0.39 is 17.8 Å². The molecule has 1 aromatic heterocycles. The van der Waals surface area contributed by atoms with Gasteiger partial charge in [0.1, 0.15) is 5.75 Å². The molecule has 5 rings (SSSR count). The molecule has 0 N–H and O–H groups in total. The number of amides is 1. The number of fused-ring (bicyclic) bond motifs is 1. The van der Waals surface area contributed by atoms with Crippen LogP contribution in [0.25, 0.3) is 5.69 Å². The minimum Gasteiger partial charge on any atom is -0.477 e. The summed E-state index contributed by atoms with van der Waals surface area (Å²) in [6, 6.07) is 12.1. The number of halogens is 3. The molecule has 178 valence electrons. The van der Waals surface area contributed by atoms with E-state index in [-0.39, 0.29) is 12.5 Å². The Bertz CT molecular complexity index is 1160. The van der Waals surface area contributed by atoms with Gasteiger partial charge in [0.05, 0.1) is 30.0 Å². The lowest BCUT2D eigenvalue weighted by molar-refractivity contribution is -0.139. The van der Waals surface area contributed by atoms with Crippen LogP contribution in [0.5, 0.6) is 5.75 Å². The Morgan fingerprint density at radius 2 is 1.76 bits per heavy atom. The average molecular weight is 472 g/mol. The number of rotatable bonds is 4. The number of nitrogens with zero attached hydrogens (tertiary/aromatic N) is 6. The van der Waals surface area contributed by atoms with Gasteiger partial charge in [0.15, 0.2) is 11.9 Å². The number of piperidine rings is 1. The molecule has 0 radical (unpaired) electrons. The van der Waals surface area contributed by atoms with Gasteiger partial charge >= 0.3 is 6.18 Å². The summed E-state index contributed by atoms with van der Waals surface area (Å²) < 4.78 is 46.3. The Labute approximate surface area is 193 Å². The summed E-state index contributed by atoms with van der Waals surface area (Å²) in [6.45, 7) is 2.02. The Hall–Kier alpha value is -3.63. The van der Waals surface area contributed by atoms with Gasteiger partial charge in [0.25, 0.3) is 5.91 Å². The van der Waals surface area contributed by atoms with Crippen molar-refractivity contribution >= 4 is 11.6 Å². The number of anilines is 1. The second-order valence-corrected chi connectivity index (χ2v) is 8.39. The molecule has 2 aliphatic rings. The number of carbonyl (C=O) groups is 1. The van der Waals surface area contributed by atoms with Gasteiger partial charge in [-0.05, 0) is 66.1 Å². The lowest BCUT2D eigenvalue weighted by Gasteiger charge is -2.38. The van der Waals surface area contributed by atoms with E-state index in [1.54, 1.807) is 0 Å². The Balaban J connectivity index is 1.40. The van der Waals surface area contributed by atoms with Gasteiger partial charge in [-0.3, -0.25) is 4.79 Å². The zero-order chi connectivity index (χ0) is 23.7. The van der Waals surface area contributed by atoms with Crippen molar-refractivity contribution in [1.29, 1.82) is 0 Å². The molecule has 0 bridgehead atoms. The number of aromatic nitrogens is 4. The van der Waals surface area contributed by atoms with E-state index in [0.29, 0.717) is 23.8 Å². The fraction of sp³-hybridized carbons (Fsp3) is 0.391.